The molecule has 0 radical (unpaired) electrons. The summed E-state index contributed by atoms with van der Waals surface area (Å²) in [4.78, 5) is 24.0. The van der Waals surface area contributed by atoms with Crippen LogP contribution in [0.5, 0.6) is 5.75 Å². The highest BCUT2D eigenvalue weighted by Crippen LogP contribution is 2.26. The largest absolute Gasteiger partial charge is 0.494 e. The number of halogens is 3. The monoisotopic (exact) mass is 368 g/mol. The number of nitrogens with zero attached hydrogens (tertiary/aromatic N) is 1. The van der Waals surface area contributed by atoms with Crippen LogP contribution in [-0.2, 0) is 17.5 Å². The van der Waals surface area contributed by atoms with Crippen LogP contribution >= 0.6 is 0 Å². The zero-order valence-electron chi connectivity index (χ0n) is 14.3. The first kappa shape index (κ1) is 19.6. The van der Waals surface area contributed by atoms with Crippen LogP contribution in [0.3, 0.4) is 0 Å². The van der Waals surface area contributed by atoms with E-state index < -0.39 is 35.8 Å². The van der Waals surface area contributed by atoms with Crippen molar-refractivity contribution < 1.29 is 22.7 Å². The van der Waals surface area contributed by atoms with Crippen LogP contribution in [0.25, 0.3) is 0 Å². The Balaban J connectivity index is 2.09. The molecule has 140 valence electrons. The number of alkyl halides is 3. The van der Waals surface area contributed by atoms with Crippen LogP contribution in [0, 0.1) is 0 Å². The van der Waals surface area contributed by atoms with Crippen molar-refractivity contribution in [2.24, 2.45) is 0 Å². The third kappa shape index (κ3) is 4.87. The van der Waals surface area contributed by atoms with Crippen LogP contribution in [0.2, 0.25) is 0 Å². The minimum absolute atomic E-state index is 0.399. The van der Waals surface area contributed by atoms with E-state index in [9.17, 15) is 22.8 Å². The Hall–Kier alpha value is -2.77. The number of hydrogen-bond donors (Lipinski definition) is 1. The SMILES string of the molecule is CCOc1cccc(C(C)NC(=O)Cn2cccc(C(F)(F)F)c2=O)c1. The molecule has 1 N–H and O–H groups in total. The molecule has 8 heteroatoms. The maximum atomic E-state index is 12.8. The molecule has 5 nitrogen and oxygen atoms in total. The molecule has 1 heterocycles. The Kier molecular flexibility index (Phi) is 6.07. The number of amides is 1. The molecule has 1 unspecified atom stereocenters. The lowest BCUT2D eigenvalue weighted by Crippen LogP contribution is -2.35. The molecule has 0 aliphatic carbocycles. The molecule has 1 aromatic carbocycles. The molecule has 0 saturated carbocycles. The molecule has 0 spiro atoms. The molecule has 1 amide bonds. The van der Waals surface area contributed by atoms with Crippen LogP contribution in [0.15, 0.2) is 47.4 Å². The summed E-state index contributed by atoms with van der Waals surface area (Å²) < 4.78 is 44.4. The number of carbonyl (C=O) groups is 1. The van der Waals surface area contributed by atoms with Crippen molar-refractivity contribution in [2.75, 3.05) is 6.61 Å². The second-order valence-corrected chi connectivity index (χ2v) is 5.65. The van der Waals surface area contributed by atoms with Gasteiger partial charge in [0.1, 0.15) is 17.9 Å². The third-order valence-corrected chi connectivity index (χ3v) is 3.69. The van der Waals surface area contributed by atoms with Gasteiger partial charge in [0.05, 0.1) is 12.6 Å². The van der Waals surface area contributed by atoms with E-state index in [0.717, 1.165) is 22.4 Å². The van der Waals surface area contributed by atoms with Crippen LogP contribution in [-0.4, -0.2) is 17.1 Å². The van der Waals surface area contributed by atoms with Gasteiger partial charge in [-0.25, -0.2) is 0 Å². The second kappa shape index (κ2) is 8.07. The quantitative estimate of drug-likeness (QED) is 0.852. The van der Waals surface area contributed by atoms with Crippen molar-refractivity contribution in [1.29, 1.82) is 0 Å². The van der Waals surface area contributed by atoms with E-state index in [2.05, 4.69) is 5.32 Å². The first-order chi connectivity index (χ1) is 12.2. The van der Waals surface area contributed by atoms with E-state index >= 15 is 0 Å². The normalized spacial score (nSPS) is 12.5. The van der Waals surface area contributed by atoms with Gasteiger partial charge < -0.3 is 14.6 Å². The smallest absolute Gasteiger partial charge is 0.421 e. The average molecular weight is 368 g/mol. The van der Waals surface area contributed by atoms with Crippen molar-refractivity contribution >= 4 is 5.91 Å². The molecule has 0 aliphatic rings. The van der Waals surface area contributed by atoms with Crippen molar-refractivity contribution in [1.82, 2.24) is 9.88 Å². The molecule has 2 rings (SSSR count). The van der Waals surface area contributed by atoms with Gasteiger partial charge >= 0.3 is 6.18 Å². The molecule has 1 aromatic heterocycles. The summed E-state index contributed by atoms with van der Waals surface area (Å²) >= 11 is 0. The molecule has 26 heavy (non-hydrogen) atoms. The van der Waals surface area contributed by atoms with Gasteiger partial charge in [-0.3, -0.25) is 9.59 Å². The summed E-state index contributed by atoms with van der Waals surface area (Å²) in [7, 11) is 0. The van der Waals surface area contributed by atoms with E-state index in [0.29, 0.717) is 18.4 Å². The number of carbonyl (C=O) groups excluding carboxylic acids is 1. The number of benzene rings is 1. The Morgan fingerprint density at radius 2 is 2.00 bits per heavy atom. The molecule has 2 aromatic rings. The van der Waals surface area contributed by atoms with Crippen molar-refractivity contribution in [2.45, 2.75) is 32.6 Å². The zero-order valence-corrected chi connectivity index (χ0v) is 14.3. The highest BCUT2D eigenvalue weighted by atomic mass is 19.4. The minimum atomic E-state index is -4.76. The fraction of sp³-hybridized carbons (Fsp3) is 0.333. The van der Waals surface area contributed by atoms with E-state index in [4.69, 9.17) is 4.74 Å². The number of pyridine rings is 1. The van der Waals surface area contributed by atoms with Gasteiger partial charge in [-0.2, -0.15) is 13.2 Å². The number of aromatic nitrogens is 1. The number of rotatable bonds is 6. The number of hydrogen-bond acceptors (Lipinski definition) is 3. The summed E-state index contributed by atoms with van der Waals surface area (Å²) in [6.07, 6.45) is -3.61. The first-order valence-electron chi connectivity index (χ1n) is 8.01. The molecular formula is C18H19F3N2O3. The van der Waals surface area contributed by atoms with Gasteiger partial charge in [0.25, 0.3) is 5.56 Å². The third-order valence-electron chi connectivity index (χ3n) is 3.69. The summed E-state index contributed by atoms with van der Waals surface area (Å²) in [5, 5.41) is 2.66. The van der Waals surface area contributed by atoms with E-state index in [1.807, 2.05) is 6.92 Å². The van der Waals surface area contributed by atoms with E-state index in [1.54, 1.807) is 31.2 Å². The first-order valence-corrected chi connectivity index (χ1v) is 8.01. The lowest BCUT2D eigenvalue weighted by Gasteiger charge is -2.16. The van der Waals surface area contributed by atoms with Crippen molar-refractivity contribution in [3.8, 4) is 5.75 Å². The Labute approximate surface area is 148 Å². The van der Waals surface area contributed by atoms with Crippen LogP contribution in [0.1, 0.15) is 31.0 Å². The highest BCUT2D eigenvalue weighted by molar-refractivity contribution is 5.76. The summed E-state index contributed by atoms with van der Waals surface area (Å²) in [5.41, 5.74) is -1.77. The Morgan fingerprint density at radius 3 is 2.65 bits per heavy atom. The predicted molar refractivity (Wildman–Crippen MR) is 89.9 cm³/mol. The molecular weight excluding hydrogens is 349 g/mol. The number of ether oxygens (including phenoxy) is 1. The summed E-state index contributed by atoms with van der Waals surface area (Å²) in [6, 6.07) is 8.51. The van der Waals surface area contributed by atoms with Crippen molar-refractivity contribution in [3.05, 3.63) is 64.1 Å². The highest BCUT2D eigenvalue weighted by Gasteiger charge is 2.34. The lowest BCUT2D eigenvalue weighted by molar-refractivity contribution is -0.139. The predicted octanol–water partition coefficient (Wildman–Crippen LogP) is 3.14. The Bertz CT molecular complexity index is 831. The van der Waals surface area contributed by atoms with Crippen LogP contribution < -0.4 is 15.6 Å². The zero-order chi connectivity index (χ0) is 19.3. The maximum absolute atomic E-state index is 12.8. The fourth-order valence-electron chi connectivity index (χ4n) is 2.44. The Morgan fingerprint density at radius 1 is 1.27 bits per heavy atom. The van der Waals surface area contributed by atoms with Gasteiger partial charge in [0.15, 0.2) is 0 Å². The van der Waals surface area contributed by atoms with Gasteiger partial charge in [0, 0.05) is 6.20 Å². The average Bonchev–Trinajstić information content (AvgIpc) is 2.56. The summed E-state index contributed by atoms with van der Waals surface area (Å²) in [6.45, 7) is 3.59. The molecule has 0 bridgehead atoms. The molecule has 0 saturated heterocycles. The number of nitrogens with one attached hydrogen (secondary N) is 1. The lowest BCUT2D eigenvalue weighted by atomic mass is 10.1. The van der Waals surface area contributed by atoms with Crippen LogP contribution in [0.4, 0.5) is 13.2 Å². The van der Waals surface area contributed by atoms with Gasteiger partial charge in [-0.05, 0) is 43.7 Å². The molecule has 0 fully saturated rings. The van der Waals surface area contributed by atoms with Crippen molar-refractivity contribution in [3.63, 3.8) is 0 Å². The molecule has 0 aliphatic heterocycles. The standard InChI is InChI=1S/C18H19F3N2O3/c1-3-26-14-7-4-6-13(10-14)12(2)22-16(24)11-23-9-5-8-15(17(23)25)18(19,20)21/h4-10,12H,3,11H2,1-2H3,(H,22,24). The van der Waals surface area contributed by atoms with E-state index in [-0.39, 0.29) is 0 Å². The maximum Gasteiger partial charge on any atom is 0.421 e. The summed E-state index contributed by atoms with van der Waals surface area (Å²) in [5.74, 6) is 0.0842. The minimum Gasteiger partial charge on any atom is -0.494 e. The van der Waals surface area contributed by atoms with Gasteiger partial charge in [-0.1, -0.05) is 12.1 Å². The van der Waals surface area contributed by atoms with Gasteiger partial charge in [0.2, 0.25) is 5.91 Å². The fourth-order valence-corrected chi connectivity index (χ4v) is 2.44. The second-order valence-electron chi connectivity index (χ2n) is 5.65. The molecule has 1 atom stereocenters. The van der Waals surface area contributed by atoms with Gasteiger partial charge in [-0.15, -0.1) is 0 Å². The van der Waals surface area contributed by atoms with E-state index in [1.165, 1.54) is 0 Å². The topological polar surface area (TPSA) is 60.3 Å².